The van der Waals surface area contributed by atoms with Crippen LogP contribution in [-0.4, -0.2) is 17.2 Å². The third-order valence-corrected chi connectivity index (χ3v) is 0.688. The molecule has 3 nitrogen and oxygen atoms in total. The molecule has 47 valence electrons. The van der Waals surface area contributed by atoms with E-state index in [1.807, 2.05) is 0 Å². The molecule has 0 aromatic heterocycles. The van der Waals surface area contributed by atoms with Crippen LogP contribution in [0.15, 0.2) is 0 Å². The van der Waals surface area contributed by atoms with Crippen molar-refractivity contribution in [3.05, 3.63) is 6.61 Å². The van der Waals surface area contributed by atoms with Gasteiger partial charge in [-0.1, -0.05) is 0 Å². The maximum Gasteiger partial charge on any atom is 0.332 e. The van der Waals surface area contributed by atoms with Crippen molar-refractivity contribution in [3.63, 3.8) is 0 Å². The normalized spacial score (nSPS) is 13.2. The van der Waals surface area contributed by atoms with E-state index in [9.17, 15) is 4.79 Å². The highest BCUT2D eigenvalue weighted by Gasteiger charge is 2.08. The van der Waals surface area contributed by atoms with Crippen molar-refractivity contribution in [3.8, 4) is 0 Å². The molecule has 0 amide bonds. The second-order valence-electron chi connectivity index (χ2n) is 1.35. The summed E-state index contributed by atoms with van der Waals surface area (Å²) in [7, 11) is 0. The number of hydrogen-bond donors (Lipinski definition) is 1. The minimum atomic E-state index is -0.942. The molecule has 0 fully saturated rings. The second-order valence-corrected chi connectivity index (χ2v) is 1.35. The molecule has 0 spiro atoms. The van der Waals surface area contributed by atoms with E-state index in [4.69, 9.17) is 5.11 Å². The molecule has 0 bridgehead atoms. The number of ether oxygens (including phenoxy) is 1. The Morgan fingerprint density at radius 1 is 1.88 bits per heavy atom. The highest BCUT2D eigenvalue weighted by atomic mass is 16.5. The molecule has 0 saturated carbocycles. The Bertz CT molecular complexity index is 79.7. The number of hydrogen-bond acceptors (Lipinski definition) is 2. The maximum atomic E-state index is 9.94. The number of carboxylic acid groups (broad SMARTS) is 1. The molecule has 8 heavy (non-hydrogen) atoms. The minimum absolute atomic E-state index is 0.722. The van der Waals surface area contributed by atoms with E-state index in [1.54, 1.807) is 6.92 Å². The van der Waals surface area contributed by atoms with Crippen molar-refractivity contribution in [2.45, 2.75) is 20.0 Å². The van der Waals surface area contributed by atoms with Crippen molar-refractivity contribution in [2.75, 3.05) is 0 Å². The van der Waals surface area contributed by atoms with Crippen LogP contribution in [0.4, 0.5) is 0 Å². The molecule has 1 N–H and O–H groups in total. The zero-order chi connectivity index (χ0) is 6.57. The molecule has 0 aromatic carbocycles. The van der Waals surface area contributed by atoms with Gasteiger partial charge < -0.3 is 9.84 Å². The fourth-order valence-electron chi connectivity index (χ4n) is 0.262. The van der Waals surface area contributed by atoms with Crippen molar-refractivity contribution in [1.29, 1.82) is 0 Å². The van der Waals surface area contributed by atoms with E-state index < -0.39 is 12.1 Å². The van der Waals surface area contributed by atoms with Crippen LogP contribution in [0.3, 0.4) is 0 Å². The average Bonchev–Trinajstić information content (AvgIpc) is 1.67. The highest BCUT2D eigenvalue weighted by Crippen LogP contribution is 1.90. The zero-order valence-corrected chi connectivity index (χ0v) is 4.92. The molecule has 1 radical (unpaired) electrons. The van der Waals surface area contributed by atoms with Crippen molar-refractivity contribution >= 4 is 5.97 Å². The molecule has 1 atom stereocenters. The predicted octanol–water partition coefficient (Wildman–Crippen LogP) is 0.658. The van der Waals surface area contributed by atoms with Gasteiger partial charge in [-0.2, -0.15) is 0 Å². The fraction of sp³-hybridized carbons (Fsp3) is 0.600. The fourth-order valence-corrected chi connectivity index (χ4v) is 0.262. The molecule has 0 rings (SSSR count). The van der Waals surface area contributed by atoms with Crippen LogP contribution < -0.4 is 0 Å². The number of carboxylic acids is 1. The molecule has 0 heterocycles. The third kappa shape index (κ3) is 2.58. The molecule has 0 aromatic rings. The lowest BCUT2D eigenvalue weighted by Gasteiger charge is -2.02. The molecular formula is C5H9O3. The van der Waals surface area contributed by atoms with Crippen LogP contribution in [0.25, 0.3) is 0 Å². The van der Waals surface area contributed by atoms with Crippen LogP contribution in [0, 0.1) is 6.61 Å². The lowest BCUT2D eigenvalue weighted by atomic mass is 10.4. The summed E-state index contributed by atoms with van der Waals surface area (Å²) < 4.78 is 4.58. The number of rotatable bonds is 3. The summed E-state index contributed by atoms with van der Waals surface area (Å²) in [6, 6.07) is 0. The third-order valence-electron chi connectivity index (χ3n) is 0.688. The summed E-state index contributed by atoms with van der Waals surface area (Å²) in [5.41, 5.74) is 0. The Morgan fingerprint density at radius 2 is 2.38 bits per heavy atom. The summed E-state index contributed by atoms with van der Waals surface area (Å²) in [4.78, 5) is 9.94. The summed E-state index contributed by atoms with van der Waals surface area (Å²) in [5, 5.41) is 8.17. The number of carbonyl (C=O) groups is 1. The molecule has 0 saturated heterocycles. The van der Waals surface area contributed by atoms with Gasteiger partial charge in [0.25, 0.3) is 0 Å². The zero-order valence-electron chi connectivity index (χ0n) is 4.92. The molecule has 0 aliphatic heterocycles. The quantitative estimate of drug-likeness (QED) is 0.590. The summed E-state index contributed by atoms with van der Waals surface area (Å²) in [6.45, 7) is 4.47. The highest BCUT2D eigenvalue weighted by molar-refractivity contribution is 5.71. The van der Waals surface area contributed by atoms with Crippen molar-refractivity contribution < 1.29 is 14.6 Å². The maximum absolute atomic E-state index is 9.94. The first-order chi connectivity index (χ1) is 3.68. The standard InChI is InChI=1S/C5H9O3/c1-3-8-4(2)5(6)7/h3-4H,1-2H3,(H,6,7). The van der Waals surface area contributed by atoms with Crippen molar-refractivity contribution in [1.82, 2.24) is 0 Å². The molecular weight excluding hydrogens is 108 g/mol. The van der Waals surface area contributed by atoms with E-state index in [1.165, 1.54) is 13.5 Å². The van der Waals surface area contributed by atoms with Crippen LogP contribution >= 0.6 is 0 Å². The van der Waals surface area contributed by atoms with Gasteiger partial charge in [-0.3, -0.25) is 0 Å². The Balaban J connectivity index is 3.32. The van der Waals surface area contributed by atoms with Gasteiger partial charge in [-0.05, 0) is 13.8 Å². The van der Waals surface area contributed by atoms with Crippen LogP contribution in [0.2, 0.25) is 0 Å². The van der Waals surface area contributed by atoms with Gasteiger partial charge in [0.1, 0.15) is 0 Å². The lowest BCUT2D eigenvalue weighted by Crippen LogP contribution is -2.17. The first-order valence-corrected chi connectivity index (χ1v) is 2.34. The van der Waals surface area contributed by atoms with E-state index in [0.717, 1.165) is 0 Å². The smallest absolute Gasteiger partial charge is 0.332 e. The van der Waals surface area contributed by atoms with Crippen molar-refractivity contribution in [2.24, 2.45) is 0 Å². The summed E-state index contributed by atoms with van der Waals surface area (Å²) in [5.74, 6) is -0.942. The minimum Gasteiger partial charge on any atom is -0.479 e. The van der Waals surface area contributed by atoms with E-state index in [2.05, 4.69) is 4.74 Å². The SMILES string of the molecule is C[CH]OC(C)C(=O)O. The molecule has 1 unspecified atom stereocenters. The predicted molar refractivity (Wildman–Crippen MR) is 28.2 cm³/mol. The molecule has 0 aliphatic rings. The Morgan fingerprint density at radius 3 is 2.50 bits per heavy atom. The van der Waals surface area contributed by atoms with Crippen LogP contribution in [0.1, 0.15) is 13.8 Å². The average molecular weight is 117 g/mol. The van der Waals surface area contributed by atoms with Gasteiger partial charge >= 0.3 is 5.97 Å². The van der Waals surface area contributed by atoms with Gasteiger partial charge in [-0.15, -0.1) is 0 Å². The van der Waals surface area contributed by atoms with Gasteiger partial charge in [0, 0.05) is 0 Å². The van der Waals surface area contributed by atoms with Gasteiger partial charge in [0.2, 0.25) is 0 Å². The monoisotopic (exact) mass is 117 g/mol. The van der Waals surface area contributed by atoms with Crippen LogP contribution in [-0.2, 0) is 9.53 Å². The topological polar surface area (TPSA) is 46.5 Å². The first-order valence-electron chi connectivity index (χ1n) is 2.34. The summed E-state index contributed by atoms with van der Waals surface area (Å²) in [6.07, 6.45) is -0.722. The largest absolute Gasteiger partial charge is 0.479 e. The lowest BCUT2D eigenvalue weighted by molar-refractivity contribution is -0.147. The van der Waals surface area contributed by atoms with E-state index in [0.29, 0.717) is 0 Å². The number of aliphatic carboxylic acids is 1. The summed E-state index contributed by atoms with van der Waals surface area (Å²) >= 11 is 0. The first kappa shape index (κ1) is 7.43. The van der Waals surface area contributed by atoms with Gasteiger partial charge in [-0.25, -0.2) is 4.79 Å². The van der Waals surface area contributed by atoms with Crippen LogP contribution in [0.5, 0.6) is 0 Å². The van der Waals surface area contributed by atoms with Gasteiger partial charge in [0.05, 0.1) is 6.61 Å². The van der Waals surface area contributed by atoms with Gasteiger partial charge in [0.15, 0.2) is 6.10 Å². The Kier molecular flexibility index (Phi) is 3.19. The Labute approximate surface area is 48.3 Å². The second kappa shape index (κ2) is 3.43. The Hall–Kier alpha value is -0.570. The molecule has 0 aliphatic carbocycles. The van der Waals surface area contributed by atoms with E-state index >= 15 is 0 Å². The molecule has 3 heteroatoms. The van der Waals surface area contributed by atoms with E-state index in [-0.39, 0.29) is 0 Å².